The lowest BCUT2D eigenvalue weighted by molar-refractivity contribution is -0.116. The molecular weight excluding hydrogens is 409 g/mol. The average Bonchev–Trinajstić information content (AvgIpc) is 3.27. The molecule has 1 N–H and O–H groups in total. The van der Waals surface area contributed by atoms with Crippen molar-refractivity contribution in [1.82, 2.24) is 9.88 Å². The maximum absolute atomic E-state index is 12.7. The van der Waals surface area contributed by atoms with Crippen molar-refractivity contribution in [2.24, 2.45) is 0 Å². The number of likely N-dealkylation sites (N-methyl/N-ethyl adjacent to an activating group) is 1. The van der Waals surface area contributed by atoms with Crippen molar-refractivity contribution in [3.8, 4) is 10.8 Å². The van der Waals surface area contributed by atoms with Gasteiger partial charge in [-0.15, -0.1) is 11.3 Å². The lowest BCUT2D eigenvalue weighted by Gasteiger charge is -2.17. The number of hydrogen-bond acceptors (Lipinski definition) is 5. The smallest absolute Gasteiger partial charge is 0.273 e. The fourth-order valence-corrected chi connectivity index (χ4v) is 3.73. The van der Waals surface area contributed by atoms with Crippen LogP contribution in [0.1, 0.15) is 15.4 Å². The molecule has 2 aromatic heterocycles. The van der Waals surface area contributed by atoms with E-state index in [0.29, 0.717) is 26.5 Å². The zero-order chi connectivity index (χ0) is 19.6. The maximum atomic E-state index is 12.7. The molecule has 0 aliphatic rings. The van der Waals surface area contributed by atoms with Crippen LogP contribution in [0, 0.1) is 6.92 Å². The van der Waals surface area contributed by atoms with Crippen LogP contribution in [0.4, 0.5) is 5.69 Å². The molecule has 2 amide bonds. The third-order valence-corrected chi connectivity index (χ3v) is 5.30. The third kappa shape index (κ3) is 4.32. The lowest BCUT2D eigenvalue weighted by Crippen LogP contribution is -2.35. The standard InChI is InChI=1S/C18H15Cl2N3O3S/c1-10-15(22-17(27-10)13-7-4-8-26-13)18(25)23(2)9-14(24)21-16-11(19)5-3-6-12(16)20/h3-8H,9H2,1-2H3,(H,21,24). The van der Waals surface area contributed by atoms with Gasteiger partial charge in [-0.2, -0.15) is 0 Å². The van der Waals surface area contributed by atoms with Gasteiger partial charge in [0.25, 0.3) is 5.91 Å². The summed E-state index contributed by atoms with van der Waals surface area (Å²) in [5, 5.41) is 3.89. The second kappa shape index (κ2) is 8.12. The topological polar surface area (TPSA) is 75.4 Å². The van der Waals surface area contributed by atoms with E-state index in [1.807, 2.05) is 0 Å². The number of aromatic nitrogens is 1. The summed E-state index contributed by atoms with van der Waals surface area (Å²) in [5.74, 6) is -0.183. The van der Waals surface area contributed by atoms with Crippen molar-refractivity contribution >= 4 is 52.0 Å². The van der Waals surface area contributed by atoms with Crippen LogP contribution in [0.3, 0.4) is 0 Å². The fourth-order valence-electron chi connectivity index (χ4n) is 2.36. The van der Waals surface area contributed by atoms with Crippen molar-refractivity contribution in [2.45, 2.75) is 6.92 Å². The molecule has 140 valence electrons. The number of furan rings is 1. The second-order valence-corrected chi connectivity index (χ2v) is 7.72. The summed E-state index contributed by atoms with van der Waals surface area (Å²) in [5.41, 5.74) is 0.606. The average molecular weight is 424 g/mol. The van der Waals surface area contributed by atoms with E-state index in [4.69, 9.17) is 27.6 Å². The van der Waals surface area contributed by atoms with Gasteiger partial charge < -0.3 is 14.6 Å². The van der Waals surface area contributed by atoms with Gasteiger partial charge in [-0.25, -0.2) is 4.98 Å². The van der Waals surface area contributed by atoms with Crippen molar-refractivity contribution < 1.29 is 14.0 Å². The summed E-state index contributed by atoms with van der Waals surface area (Å²) >= 11 is 13.4. The Balaban J connectivity index is 1.70. The molecule has 9 heteroatoms. The molecule has 27 heavy (non-hydrogen) atoms. The minimum Gasteiger partial charge on any atom is -0.462 e. The molecule has 0 spiro atoms. The van der Waals surface area contributed by atoms with Crippen LogP contribution in [0.15, 0.2) is 41.0 Å². The van der Waals surface area contributed by atoms with Crippen LogP contribution in [-0.2, 0) is 4.79 Å². The normalized spacial score (nSPS) is 10.7. The first-order valence-electron chi connectivity index (χ1n) is 7.87. The molecule has 0 bridgehead atoms. The molecule has 0 saturated carbocycles. The molecule has 0 aliphatic heterocycles. The Bertz CT molecular complexity index is 966. The number of aryl methyl sites for hydroxylation is 1. The van der Waals surface area contributed by atoms with E-state index >= 15 is 0 Å². The van der Waals surface area contributed by atoms with E-state index in [1.54, 1.807) is 43.5 Å². The minimum atomic E-state index is -0.417. The van der Waals surface area contributed by atoms with Gasteiger partial charge in [0.05, 0.1) is 28.5 Å². The van der Waals surface area contributed by atoms with E-state index in [-0.39, 0.29) is 18.1 Å². The SMILES string of the molecule is Cc1sc(-c2ccco2)nc1C(=O)N(C)CC(=O)Nc1c(Cl)cccc1Cl. The molecule has 0 saturated heterocycles. The molecular formula is C18H15Cl2N3O3S. The Morgan fingerprint density at radius 2 is 1.93 bits per heavy atom. The molecule has 0 unspecified atom stereocenters. The molecule has 0 atom stereocenters. The number of para-hydroxylation sites is 1. The number of anilines is 1. The summed E-state index contributed by atoms with van der Waals surface area (Å²) in [6, 6.07) is 8.44. The number of halogens is 2. The molecule has 0 fully saturated rings. The molecule has 2 heterocycles. The van der Waals surface area contributed by atoms with Crippen LogP contribution in [0.5, 0.6) is 0 Å². The van der Waals surface area contributed by atoms with E-state index in [0.717, 1.165) is 4.88 Å². The zero-order valence-corrected chi connectivity index (χ0v) is 16.8. The molecule has 1 aromatic carbocycles. The van der Waals surface area contributed by atoms with E-state index < -0.39 is 5.91 Å². The number of nitrogens with zero attached hydrogens (tertiary/aromatic N) is 2. The van der Waals surface area contributed by atoms with Gasteiger partial charge in [-0.1, -0.05) is 29.3 Å². The van der Waals surface area contributed by atoms with Gasteiger partial charge in [-0.05, 0) is 31.2 Å². The quantitative estimate of drug-likeness (QED) is 0.643. The van der Waals surface area contributed by atoms with Crippen molar-refractivity contribution in [2.75, 3.05) is 18.9 Å². The minimum absolute atomic E-state index is 0.173. The lowest BCUT2D eigenvalue weighted by atomic mass is 10.3. The van der Waals surface area contributed by atoms with Crippen LogP contribution in [0.2, 0.25) is 10.0 Å². The van der Waals surface area contributed by atoms with Crippen LogP contribution < -0.4 is 5.32 Å². The Hall–Kier alpha value is -2.35. The predicted octanol–water partition coefficient (Wildman–Crippen LogP) is 4.73. The van der Waals surface area contributed by atoms with E-state index in [2.05, 4.69) is 10.3 Å². The number of nitrogens with one attached hydrogen (secondary N) is 1. The van der Waals surface area contributed by atoms with Gasteiger partial charge >= 0.3 is 0 Å². The Morgan fingerprint density at radius 3 is 2.56 bits per heavy atom. The summed E-state index contributed by atoms with van der Waals surface area (Å²) in [4.78, 5) is 31.3. The van der Waals surface area contributed by atoms with Crippen molar-refractivity contribution in [3.05, 3.63) is 57.2 Å². The van der Waals surface area contributed by atoms with Crippen LogP contribution >= 0.6 is 34.5 Å². The number of amides is 2. The number of carbonyl (C=O) groups excluding carboxylic acids is 2. The second-order valence-electron chi connectivity index (χ2n) is 5.71. The summed E-state index contributed by atoms with van der Waals surface area (Å²) in [6.45, 7) is 1.63. The highest BCUT2D eigenvalue weighted by Crippen LogP contribution is 2.30. The first-order valence-corrected chi connectivity index (χ1v) is 9.44. The maximum Gasteiger partial charge on any atom is 0.273 e. The highest BCUT2D eigenvalue weighted by atomic mass is 35.5. The number of hydrogen-bond donors (Lipinski definition) is 1. The van der Waals surface area contributed by atoms with E-state index in [9.17, 15) is 9.59 Å². The summed E-state index contributed by atoms with van der Waals surface area (Å²) in [7, 11) is 1.53. The summed E-state index contributed by atoms with van der Waals surface area (Å²) in [6.07, 6.45) is 1.55. The highest BCUT2D eigenvalue weighted by molar-refractivity contribution is 7.15. The van der Waals surface area contributed by atoms with E-state index in [1.165, 1.54) is 23.3 Å². The van der Waals surface area contributed by atoms with Crippen molar-refractivity contribution in [1.29, 1.82) is 0 Å². The monoisotopic (exact) mass is 423 g/mol. The largest absolute Gasteiger partial charge is 0.462 e. The third-order valence-electron chi connectivity index (χ3n) is 3.69. The number of carbonyl (C=O) groups is 2. The van der Waals surface area contributed by atoms with Crippen LogP contribution in [0.25, 0.3) is 10.8 Å². The number of rotatable bonds is 5. The molecule has 3 aromatic rings. The van der Waals surface area contributed by atoms with Gasteiger partial charge in [0, 0.05) is 11.9 Å². The van der Waals surface area contributed by atoms with Crippen LogP contribution in [-0.4, -0.2) is 35.3 Å². The molecule has 0 aliphatic carbocycles. The Labute approximate surface area is 169 Å². The highest BCUT2D eigenvalue weighted by Gasteiger charge is 2.22. The van der Waals surface area contributed by atoms with Gasteiger partial charge in [-0.3, -0.25) is 9.59 Å². The predicted molar refractivity (Wildman–Crippen MR) is 107 cm³/mol. The van der Waals surface area contributed by atoms with Crippen molar-refractivity contribution in [3.63, 3.8) is 0 Å². The Morgan fingerprint density at radius 1 is 1.22 bits per heavy atom. The zero-order valence-electron chi connectivity index (χ0n) is 14.5. The van der Waals surface area contributed by atoms with Gasteiger partial charge in [0.1, 0.15) is 5.69 Å². The number of thiazole rings is 1. The Kier molecular flexibility index (Phi) is 5.84. The first kappa shape index (κ1) is 19.4. The summed E-state index contributed by atoms with van der Waals surface area (Å²) < 4.78 is 5.32. The fraction of sp³-hybridized carbons (Fsp3) is 0.167. The molecule has 3 rings (SSSR count). The van der Waals surface area contributed by atoms with Gasteiger partial charge in [0.2, 0.25) is 5.91 Å². The molecule has 6 nitrogen and oxygen atoms in total. The van der Waals surface area contributed by atoms with Gasteiger partial charge in [0.15, 0.2) is 10.8 Å². The molecule has 0 radical (unpaired) electrons. The number of benzene rings is 1. The first-order chi connectivity index (χ1) is 12.9.